The Balaban J connectivity index is 1.99. The van der Waals surface area contributed by atoms with Gasteiger partial charge in [-0.1, -0.05) is 19.8 Å². The summed E-state index contributed by atoms with van der Waals surface area (Å²) in [5.41, 5.74) is -0.0503. The molecule has 0 radical (unpaired) electrons. The van der Waals surface area contributed by atoms with Crippen molar-refractivity contribution in [1.82, 2.24) is 9.55 Å². The van der Waals surface area contributed by atoms with Crippen molar-refractivity contribution in [3.05, 3.63) is 22.7 Å². The summed E-state index contributed by atoms with van der Waals surface area (Å²) in [6.45, 7) is 3.74. The molecule has 1 aromatic heterocycles. The van der Waals surface area contributed by atoms with Gasteiger partial charge < -0.3 is 15.0 Å². The maximum atomic E-state index is 12.2. The molecular formula is C15H25N3O2. The van der Waals surface area contributed by atoms with Gasteiger partial charge in [-0.3, -0.25) is 4.79 Å². The van der Waals surface area contributed by atoms with Crippen LogP contribution in [0.4, 0.5) is 5.82 Å². The minimum absolute atomic E-state index is 0.0503. The zero-order chi connectivity index (χ0) is 14.4. The van der Waals surface area contributed by atoms with E-state index in [0.29, 0.717) is 17.7 Å². The Morgan fingerprint density at radius 2 is 2.15 bits per heavy atom. The third-order valence-electron chi connectivity index (χ3n) is 4.21. The van der Waals surface area contributed by atoms with Crippen LogP contribution < -0.4 is 10.9 Å². The summed E-state index contributed by atoms with van der Waals surface area (Å²) in [6.07, 6.45) is 8.95. The molecule has 1 heterocycles. The molecule has 112 valence electrons. The van der Waals surface area contributed by atoms with Crippen molar-refractivity contribution in [2.75, 3.05) is 18.5 Å². The van der Waals surface area contributed by atoms with E-state index in [1.807, 2.05) is 6.92 Å². The quantitative estimate of drug-likeness (QED) is 0.834. The summed E-state index contributed by atoms with van der Waals surface area (Å²) < 4.78 is 1.69. The predicted molar refractivity (Wildman–Crippen MR) is 79.8 cm³/mol. The van der Waals surface area contributed by atoms with Crippen molar-refractivity contribution in [2.45, 2.75) is 45.6 Å². The lowest BCUT2D eigenvalue weighted by atomic mass is 9.79. The number of hydrogen-bond donors (Lipinski definition) is 2. The molecule has 1 aliphatic carbocycles. The van der Waals surface area contributed by atoms with Crippen LogP contribution in [0.1, 0.15) is 39.0 Å². The van der Waals surface area contributed by atoms with Gasteiger partial charge in [0.15, 0.2) is 5.82 Å². The van der Waals surface area contributed by atoms with Gasteiger partial charge in [-0.15, -0.1) is 0 Å². The van der Waals surface area contributed by atoms with Gasteiger partial charge in [-0.25, -0.2) is 4.98 Å². The average molecular weight is 279 g/mol. The zero-order valence-corrected chi connectivity index (χ0v) is 12.2. The molecule has 1 saturated carbocycles. The molecule has 0 aliphatic heterocycles. The van der Waals surface area contributed by atoms with Crippen LogP contribution in [0.3, 0.4) is 0 Å². The second-order valence-electron chi connectivity index (χ2n) is 5.64. The van der Waals surface area contributed by atoms with Crippen LogP contribution in [-0.2, 0) is 6.54 Å². The standard InChI is InChI=1S/C15H25N3O2/c1-2-8-18-9-7-16-14(15(18)20)17-10-12-5-3-4-6-13(12)11-19/h7,9,12-13,19H,2-6,8,10-11H2,1H3,(H,16,17). The smallest absolute Gasteiger partial charge is 0.293 e. The van der Waals surface area contributed by atoms with Crippen LogP contribution in [0.25, 0.3) is 0 Å². The van der Waals surface area contributed by atoms with Crippen molar-refractivity contribution in [3.63, 3.8) is 0 Å². The number of aryl methyl sites for hydroxylation is 1. The SMILES string of the molecule is CCCn1ccnc(NCC2CCCCC2CO)c1=O. The van der Waals surface area contributed by atoms with E-state index >= 15 is 0 Å². The second kappa shape index (κ2) is 7.43. The number of aromatic nitrogens is 2. The maximum Gasteiger partial charge on any atom is 0.293 e. The van der Waals surface area contributed by atoms with Gasteiger partial charge >= 0.3 is 0 Å². The monoisotopic (exact) mass is 279 g/mol. The zero-order valence-electron chi connectivity index (χ0n) is 12.2. The maximum absolute atomic E-state index is 12.2. The molecule has 0 aromatic carbocycles. The number of nitrogens with zero attached hydrogens (tertiary/aromatic N) is 2. The van der Waals surface area contributed by atoms with Crippen LogP contribution >= 0.6 is 0 Å². The lowest BCUT2D eigenvalue weighted by Gasteiger charge is -2.30. The summed E-state index contributed by atoms with van der Waals surface area (Å²) in [6, 6.07) is 0. The van der Waals surface area contributed by atoms with Gasteiger partial charge in [0.2, 0.25) is 0 Å². The highest BCUT2D eigenvalue weighted by molar-refractivity contribution is 5.30. The highest BCUT2D eigenvalue weighted by Gasteiger charge is 2.24. The Morgan fingerprint density at radius 3 is 2.85 bits per heavy atom. The Morgan fingerprint density at radius 1 is 1.40 bits per heavy atom. The molecule has 1 fully saturated rings. The summed E-state index contributed by atoms with van der Waals surface area (Å²) in [4.78, 5) is 16.3. The van der Waals surface area contributed by atoms with E-state index in [-0.39, 0.29) is 12.2 Å². The third kappa shape index (κ3) is 3.60. The summed E-state index contributed by atoms with van der Waals surface area (Å²) in [7, 11) is 0. The fourth-order valence-corrected chi connectivity index (χ4v) is 3.01. The molecule has 20 heavy (non-hydrogen) atoms. The number of nitrogens with one attached hydrogen (secondary N) is 1. The van der Waals surface area contributed by atoms with Crippen molar-refractivity contribution < 1.29 is 5.11 Å². The Hall–Kier alpha value is -1.36. The first kappa shape index (κ1) is 15.0. The molecular weight excluding hydrogens is 254 g/mol. The number of rotatable bonds is 6. The molecule has 0 saturated heterocycles. The molecule has 2 atom stereocenters. The van der Waals surface area contributed by atoms with Crippen LogP contribution in [0.5, 0.6) is 0 Å². The minimum Gasteiger partial charge on any atom is -0.396 e. The number of anilines is 1. The summed E-state index contributed by atoms with van der Waals surface area (Å²) >= 11 is 0. The third-order valence-corrected chi connectivity index (χ3v) is 4.21. The van der Waals surface area contributed by atoms with Crippen LogP contribution in [0.2, 0.25) is 0 Å². The van der Waals surface area contributed by atoms with Crippen LogP contribution in [0, 0.1) is 11.8 Å². The van der Waals surface area contributed by atoms with E-state index in [1.165, 1.54) is 12.8 Å². The summed E-state index contributed by atoms with van der Waals surface area (Å²) in [5.74, 6) is 1.23. The van der Waals surface area contributed by atoms with Gasteiger partial charge in [0.05, 0.1) is 0 Å². The topological polar surface area (TPSA) is 67.2 Å². The van der Waals surface area contributed by atoms with E-state index in [1.54, 1.807) is 17.0 Å². The second-order valence-corrected chi connectivity index (χ2v) is 5.64. The fourth-order valence-electron chi connectivity index (χ4n) is 3.01. The normalized spacial score (nSPS) is 22.7. The van der Waals surface area contributed by atoms with E-state index in [2.05, 4.69) is 10.3 Å². The molecule has 2 rings (SSSR count). The minimum atomic E-state index is -0.0503. The van der Waals surface area contributed by atoms with Gasteiger partial charge in [0.25, 0.3) is 5.56 Å². The Kier molecular flexibility index (Phi) is 5.59. The van der Waals surface area contributed by atoms with Gasteiger partial charge in [-0.05, 0) is 31.1 Å². The molecule has 0 spiro atoms. The van der Waals surface area contributed by atoms with Crippen molar-refractivity contribution in [2.24, 2.45) is 11.8 Å². The van der Waals surface area contributed by atoms with Crippen LogP contribution in [0.15, 0.2) is 17.2 Å². The number of aliphatic hydroxyl groups is 1. The molecule has 0 amide bonds. The highest BCUT2D eigenvalue weighted by Crippen LogP contribution is 2.29. The van der Waals surface area contributed by atoms with Gasteiger partial charge in [0, 0.05) is 32.1 Å². The van der Waals surface area contributed by atoms with E-state index in [9.17, 15) is 9.90 Å². The average Bonchev–Trinajstić information content (AvgIpc) is 2.48. The molecule has 2 unspecified atom stereocenters. The molecule has 5 heteroatoms. The molecule has 0 bridgehead atoms. The van der Waals surface area contributed by atoms with E-state index < -0.39 is 0 Å². The van der Waals surface area contributed by atoms with E-state index in [0.717, 1.165) is 32.4 Å². The first-order chi connectivity index (χ1) is 9.76. The summed E-state index contributed by atoms with van der Waals surface area (Å²) in [5, 5.41) is 12.6. The first-order valence-electron chi connectivity index (χ1n) is 7.66. The van der Waals surface area contributed by atoms with Crippen molar-refractivity contribution >= 4 is 5.82 Å². The predicted octanol–water partition coefficient (Wildman–Crippen LogP) is 1.86. The fraction of sp³-hybridized carbons (Fsp3) is 0.733. The molecule has 2 N–H and O–H groups in total. The number of aliphatic hydroxyl groups excluding tert-OH is 1. The van der Waals surface area contributed by atoms with Crippen molar-refractivity contribution in [1.29, 1.82) is 0 Å². The Labute approximate surface area is 120 Å². The van der Waals surface area contributed by atoms with Gasteiger partial charge in [0.1, 0.15) is 0 Å². The lowest BCUT2D eigenvalue weighted by Crippen LogP contribution is -2.31. The molecule has 5 nitrogen and oxygen atoms in total. The lowest BCUT2D eigenvalue weighted by molar-refractivity contribution is 0.141. The highest BCUT2D eigenvalue weighted by atomic mass is 16.3. The largest absolute Gasteiger partial charge is 0.396 e. The van der Waals surface area contributed by atoms with E-state index in [4.69, 9.17) is 0 Å². The number of hydrogen-bond acceptors (Lipinski definition) is 4. The Bertz CT molecular complexity index is 472. The van der Waals surface area contributed by atoms with Gasteiger partial charge in [-0.2, -0.15) is 0 Å². The molecule has 1 aromatic rings. The van der Waals surface area contributed by atoms with Crippen molar-refractivity contribution in [3.8, 4) is 0 Å². The first-order valence-corrected chi connectivity index (χ1v) is 7.66. The van der Waals surface area contributed by atoms with Crippen LogP contribution in [-0.4, -0.2) is 27.8 Å². The molecule has 1 aliphatic rings.